The molecule has 0 bridgehead atoms. The van der Waals surface area contributed by atoms with Crippen LogP contribution in [0.25, 0.3) is 0 Å². The van der Waals surface area contributed by atoms with Crippen molar-refractivity contribution >= 4 is 33.2 Å². The Morgan fingerprint density at radius 2 is 1.69 bits per heavy atom. The lowest BCUT2D eigenvalue weighted by atomic mass is 10.2. The summed E-state index contributed by atoms with van der Waals surface area (Å²) in [6.45, 7) is 1.30. The molecule has 0 aromatic heterocycles. The van der Waals surface area contributed by atoms with E-state index in [0.29, 0.717) is 48.5 Å². The standard InChI is InChI=1S/C23H21ClN2O5S/c24-21-6-1-2-7-22(21)31-19-10-8-18(9-11-19)25-23(27)17-4-3-5-20(16-17)32(28,29)26-12-14-30-15-13-26/h1-11,16H,12-15H2,(H,25,27). The summed E-state index contributed by atoms with van der Waals surface area (Å²) in [5.41, 5.74) is 0.790. The molecule has 0 spiro atoms. The largest absolute Gasteiger partial charge is 0.456 e. The highest BCUT2D eigenvalue weighted by Crippen LogP contribution is 2.29. The Labute approximate surface area is 191 Å². The number of ether oxygens (including phenoxy) is 2. The van der Waals surface area contributed by atoms with Crippen LogP contribution in [0.3, 0.4) is 0 Å². The molecule has 9 heteroatoms. The number of nitrogens with zero attached hydrogens (tertiary/aromatic N) is 1. The average Bonchev–Trinajstić information content (AvgIpc) is 2.82. The Morgan fingerprint density at radius 3 is 2.41 bits per heavy atom. The van der Waals surface area contributed by atoms with Gasteiger partial charge in [0.1, 0.15) is 11.5 Å². The van der Waals surface area contributed by atoms with E-state index >= 15 is 0 Å². The summed E-state index contributed by atoms with van der Waals surface area (Å²) < 4.78 is 38.0. The van der Waals surface area contributed by atoms with E-state index in [2.05, 4.69) is 5.32 Å². The molecule has 3 aromatic rings. The highest BCUT2D eigenvalue weighted by atomic mass is 35.5. The van der Waals surface area contributed by atoms with E-state index in [1.165, 1.54) is 16.4 Å². The molecule has 0 saturated carbocycles. The molecule has 32 heavy (non-hydrogen) atoms. The number of rotatable bonds is 6. The molecule has 3 aromatic carbocycles. The van der Waals surface area contributed by atoms with Crippen LogP contribution in [0.1, 0.15) is 10.4 Å². The fourth-order valence-electron chi connectivity index (χ4n) is 3.20. The molecule has 1 amide bonds. The van der Waals surface area contributed by atoms with Crippen LogP contribution in [-0.4, -0.2) is 44.9 Å². The Morgan fingerprint density at radius 1 is 0.969 bits per heavy atom. The van der Waals surface area contributed by atoms with Crippen LogP contribution >= 0.6 is 11.6 Å². The molecule has 0 radical (unpaired) electrons. The summed E-state index contributed by atoms with van der Waals surface area (Å²) in [4.78, 5) is 12.8. The number of para-hydroxylation sites is 1. The quantitative estimate of drug-likeness (QED) is 0.574. The van der Waals surface area contributed by atoms with Crippen LogP contribution in [0.4, 0.5) is 5.69 Å². The molecule has 1 aliphatic heterocycles. The van der Waals surface area contributed by atoms with E-state index in [-0.39, 0.29) is 10.5 Å². The van der Waals surface area contributed by atoms with Crippen LogP contribution in [0.5, 0.6) is 11.5 Å². The Bertz CT molecular complexity index is 1210. The van der Waals surface area contributed by atoms with Crippen LogP contribution in [-0.2, 0) is 14.8 Å². The molecule has 7 nitrogen and oxygen atoms in total. The molecule has 0 unspecified atom stereocenters. The van der Waals surface area contributed by atoms with Gasteiger partial charge in [0.15, 0.2) is 0 Å². The van der Waals surface area contributed by atoms with Crippen LogP contribution in [0, 0.1) is 0 Å². The number of halogens is 1. The minimum absolute atomic E-state index is 0.0792. The number of carbonyl (C=O) groups excluding carboxylic acids is 1. The van der Waals surface area contributed by atoms with Gasteiger partial charge in [-0.25, -0.2) is 8.42 Å². The number of benzene rings is 3. The zero-order valence-electron chi connectivity index (χ0n) is 17.0. The number of hydrogen-bond donors (Lipinski definition) is 1. The van der Waals surface area contributed by atoms with Crippen molar-refractivity contribution in [3.05, 3.63) is 83.4 Å². The number of carbonyl (C=O) groups is 1. The van der Waals surface area contributed by atoms with Gasteiger partial charge in [-0.05, 0) is 54.6 Å². The summed E-state index contributed by atoms with van der Waals surface area (Å²) in [5.74, 6) is 0.683. The Balaban J connectivity index is 1.45. The molecule has 1 aliphatic rings. The van der Waals surface area contributed by atoms with E-state index in [1.54, 1.807) is 48.5 Å². The van der Waals surface area contributed by atoms with E-state index in [1.807, 2.05) is 12.1 Å². The average molecular weight is 473 g/mol. The van der Waals surface area contributed by atoms with Gasteiger partial charge in [-0.3, -0.25) is 4.79 Å². The smallest absolute Gasteiger partial charge is 0.255 e. The van der Waals surface area contributed by atoms with Crippen LogP contribution in [0.2, 0.25) is 5.02 Å². The first-order chi connectivity index (χ1) is 15.4. The predicted molar refractivity (Wildman–Crippen MR) is 122 cm³/mol. The summed E-state index contributed by atoms with van der Waals surface area (Å²) >= 11 is 6.10. The maximum absolute atomic E-state index is 12.8. The monoisotopic (exact) mass is 472 g/mol. The number of hydrogen-bond acceptors (Lipinski definition) is 5. The van der Waals surface area contributed by atoms with Gasteiger partial charge in [0.05, 0.1) is 23.1 Å². The zero-order valence-corrected chi connectivity index (χ0v) is 18.6. The number of nitrogens with one attached hydrogen (secondary N) is 1. The number of amides is 1. The van der Waals surface area contributed by atoms with Crippen molar-refractivity contribution in [1.82, 2.24) is 4.31 Å². The molecule has 1 fully saturated rings. The van der Waals surface area contributed by atoms with Crippen molar-refractivity contribution in [1.29, 1.82) is 0 Å². The minimum Gasteiger partial charge on any atom is -0.456 e. The lowest BCUT2D eigenvalue weighted by Gasteiger charge is -2.26. The molecule has 0 aliphatic carbocycles. The maximum Gasteiger partial charge on any atom is 0.255 e. The third-order valence-electron chi connectivity index (χ3n) is 4.88. The van der Waals surface area contributed by atoms with Crippen LogP contribution < -0.4 is 10.1 Å². The van der Waals surface area contributed by atoms with E-state index in [4.69, 9.17) is 21.1 Å². The lowest BCUT2D eigenvalue weighted by Crippen LogP contribution is -2.40. The van der Waals surface area contributed by atoms with Gasteiger partial charge >= 0.3 is 0 Å². The number of anilines is 1. The lowest BCUT2D eigenvalue weighted by molar-refractivity contribution is 0.0730. The number of sulfonamides is 1. The van der Waals surface area contributed by atoms with Crippen molar-refractivity contribution in [3.8, 4) is 11.5 Å². The van der Waals surface area contributed by atoms with Gasteiger partial charge in [0.25, 0.3) is 5.91 Å². The van der Waals surface area contributed by atoms with Crippen molar-refractivity contribution in [2.24, 2.45) is 0 Å². The Hall–Kier alpha value is -2.91. The minimum atomic E-state index is -3.68. The van der Waals surface area contributed by atoms with Gasteiger partial charge in [-0.2, -0.15) is 4.31 Å². The highest BCUT2D eigenvalue weighted by Gasteiger charge is 2.26. The van der Waals surface area contributed by atoms with Crippen molar-refractivity contribution in [3.63, 3.8) is 0 Å². The molecule has 1 saturated heterocycles. The normalized spacial score (nSPS) is 14.7. The highest BCUT2D eigenvalue weighted by molar-refractivity contribution is 7.89. The third kappa shape index (κ3) is 5.11. The zero-order chi connectivity index (χ0) is 22.6. The van der Waals surface area contributed by atoms with Crippen molar-refractivity contribution in [2.75, 3.05) is 31.6 Å². The SMILES string of the molecule is O=C(Nc1ccc(Oc2ccccc2Cl)cc1)c1cccc(S(=O)(=O)N2CCOCC2)c1. The van der Waals surface area contributed by atoms with Gasteiger partial charge in [-0.15, -0.1) is 0 Å². The van der Waals surface area contributed by atoms with Crippen LogP contribution in [0.15, 0.2) is 77.7 Å². The second-order valence-corrected chi connectivity index (χ2v) is 9.40. The molecule has 1 heterocycles. The second-order valence-electron chi connectivity index (χ2n) is 7.06. The van der Waals surface area contributed by atoms with Gasteiger partial charge < -0.3 is 14.8 Å². The fraction of sp³-hybridized carbons (Fsp3) is 0.174. The van der Waals surface area contributed by atoms with E-state index in [0.717, 1.165) is 0 Å². The summed E-state index contributed by atoms with van der Waals surface area (Å²) in [7, 11) is -3.68. The Kier molecular flexibility index (Phi) is 6.76. The summed E-state index contributed by atoms with van der Waals surface area (Å²) in [5, 5.41) is 3.27. The van der Waals surface area contributed by atoms with Gasteiger partial charge in [-0.1, -0.05) is 29.8 Å². The first-order valence-electron chi connectivity index (χ1n) is 9.95. The fourth-order valence-corrected chi connectivity index (χ4v) is 4.83. The van der Waals surface area contributed by atoms with E-state index < -0.39 is 15.9 Å². The van der Waals surface area contributed by atoms with Gasteiger partial charge in [0, 0.05) is 24.3 Å². The molecule has 1 N–H and O–H groups in total. The first kappa shape index (κ1) is 22.3. The maximum atomic E-state index is 12.8. The molecule has 0 atom stereocenters. The van der Waals surface area contributed by atoms with E-state index in [9.17, 15) is 13.2 Å². The topological polar surface area (TPSA) is 84.9 Å². The molecular weight excluding hydrogens is 452 g/mol. The predicted octanol–water partition coefficient (Wildman–Crippen LogP) is 4.41. The molecule has 166 valence electrons. The summed E-state index contributed by atoms with van der Waals surface area (Å²) in [6.07, 6.45) is 0. The molecular formula is C23H21ClN2O5S. The van der Waals surface area contributed by atoms with Gasteiger partial charge in [0.2, 0.25) is 10.0 Å². The third-order valence-corrected chi connectivity index (χ3v) is 7.09. The second kappa shape index (κ2) is 9.70. The first-order valence-corrected chi connectivity index (χ1v) is 11.8. The van der Waals surface area contributed by atoms with Crippen molar-refractivity contribution in [2.45, 2.75) is 4.90 Å². The van der Waals surface area contributed by atoms with Crippen molar-refractivity contribution < 1.29 is 22.7 Å². The number of morpholine rings is 1. The molecule has 4 rings (SSSR count). The summed E-state index contributed by atoms with van der Waals surface area (Å²) in [6, 6.07) is 19.9.